The van der Waals surface area contributed by atoms with E-state index in [0.717, 1.165) is 6.54 Å². The van der Waals surface area contributed by atoms with Crippen LogP contribution in [0.25, 0.3) is 0 Å². The maximum atomic E-state index is 2.54. The zero-order chi connectivity index (χ0) is 12.5. The van der Waals surface area contributed by atoms with Gasteiger partial charge < -0.3 is 0 Å². The molecule has 2 aliphatic rings. The first-order valence-electron chi connectivity index (χ1n) is 6.93. The fraction of sp³-hybridized carbons (Fsp3) is 0.533. The minimum Gasteiger partial charge on any atom is -0.267 e. The number of hydrogen-bond acceptors (Lipinski definition) is 2. The molecular formula is C15H22N3+. The maximum Gasteiger partial charge on any atom is 0.355 e. The zero-order valence-electron chi connectivity index (χ0n) is 11.4. The van der Waals surface area contributed by atoms with Crippen LogP contribution < -0.4 is 4.90 Å². The largest absolute Gasteiger partial charge is 0.355 e. The van der Waals surface area contributed by atoms with Gasteiger partial charge in [-0.15, -0.1) is 0 Å². The molecule has 1 aromatic rings. The lowest BCUT2D eigenvalue weighted by Crippen LogP contribution is -2.57. The van der Waals surface area contributed by atoms with Gasteiger partial charge in [0, 0.05) is 12.8 Å². The predicted molar refractivity (Wildman–Crippen MR) is 75.4 cm³/mol. The van der Waals surface area contributed by atoms with E-state index in [-0.39, 0.29) is 0 Å². The summed E-state index contributed by atoms with van der Waals surface area (Å²) in [5.74, 6) is 1.40. The number of aryl methyl sites for hydroxylation is 1. The molecule has 1 aromatic carbocycles. The predicted octanol–water partition coefficient (Wildman–Crippen LogP) is 1.91. The van der Waals surface area contributed by atoms with E-state index in [2.05, 4.69) is 52.6 Å². The first-order chi connectivity index (χ1) is 8.77. The molecule has 3 nitrogen and oxygen atoms in total. The molecule has 0 radical (unpaired) electrons. The van der Waals surface area contributed by atoms with Crippen LogP contribution >= 0.6 is 0 Å². The van der Waals surface area contributed by atoms with E-state index >= 15 is 0 Å². The van der Waals surface area contributed by atoms with Gasteiger partial charge in [-0.05, 0) is 18.6 Å². The number of nitrogens with zero attached hydrogens (tertiary/aromatic N) is 3. The van der Waals surface area contributed by atoms with E-state index in [4.69, 9.17) is 0 Å². The number of benzene rings is 1. The topological polar surface area (TPSA) is 9.49 Å². The molecule has 0 unspecified atom stereocenters. The molecule has 1 fully saturated rings. The van der Waals surface area contributed by atoms with Gasteiger partial charge in [0.15, 0.2) is 0 Å². The van der Waals surface area contributed by atoms with Gasteiger partial charge in [-0.3, -0.25) is 9.48 Å². The Bertz CT molecular complexity index is 478. The van der Waals surface area contributed by atoms with Crippen LogP contribution in [0.1, 0.15) is 18.4 Å². The number of hydrogen-bond donors (Lipinski definition) is 0. The molecule has 0 saturated carbocycles. The third-order valence-electron chi connectivity index (χ3n) is 4.00. The van der Waals surface area contributed by atoms with E-state index in [1.165, 1.54) is 49.7 Å². The second kappa shape index (κ2) is 4.63. The Balaban J connectivity index is 2.03. The molecule has 0 bridgehead atoms. The van der Waals surface area contributed by atoms with Gasteiger partial charge in [-0.25, -0.2) is 4.90 Å². The summed E-state index contributed by atoms with van der Waals surface area (Å²) in [5, 5.41) is 0. The fourth-order valence-electron chi connectivity index (χ4n) is 3.14. The average molecular weight is 244 g/mol. The summed E-state index contributed by atoms with van der Waals surface area (Å²) in [4.78, 5) is 5.04. The summed E-state index contributed by atoms with van der Waals surface area (Å²) in [6, 6.07) is 8.71. The Morgan fingerprint density at radius 1 is 1.06 bits per heavy atom. The van der Waals surface area contributed by atoms with Crippen LogP contribution in [-0.2, 0) is 0 Å². The lowest BCUT2D eigenvalue weighted by Gasteiger charge is -2.36. The lowest BCUT2D eigenvalue weighted by molar-refractivity contribution is -0.510. The van der Waals surface area contributed by atoms with Gasteiger partial charge in [0.05, 0.1) is 33.2 Å². The molecule has 2 heterocycles. The Labute approximate surface area is 109 Å². The van der Waals surface area contributed by atoms with E-state index in [1.807, 2.05) is 0 Å². The summed E-state index contributed by atoms with van der Waals surface area (Å²) in [6.45, 7) is 6.94. The average Bonchev–Trinajstić information content (AvgIpc) is 2.39. The van der Waals surface area contributed by atoms with Crippen molar-refractivity contribution in [3.63, 3.8) is 0 Å². The molecule has 0 aromatic heterocycles. The molecular weight excluding hydrogens is 222 g/mol. The van der Waals surface area contributed by atoms with Crippen LogP contribution in [-0.4, -0.2) is 48.7 Å². The molecule has 0 spiro atoms. The molecule has 96 valence electrons. The smallest absolute Gasteiger partial charge is 0.267 e. The minimum absolute atomic E-state index is 1.14. The molecule has 0 amide bonds. The minimum atomic E-state index is 1.14. The Kier molecular flexibility index (Phi) is 2.98. The van der Waals surface area contributed by atoms with Crippen LogP contribution in [0.3, 0.4) is 0 Å². The number of guanidine groups is 1. The van der Waals surface area contributed by atoms with E-state index < -0.39 is 0 Å². The number of fused-ring (bicyclic) bond motifs is 1. The van der Waals surface area contributed by atoms with E-state index in [0.29, 0.717) is 0 Å². The van der Waals surface area contributed by atoms with E-state index in [9.17, 15) is 0 Å². The molecule has 3 rings (SSSR count). The number of para-hydroxylation sites is 1. The van der Waals surface area contributed by atoms with Crippen molar-refractivity contribution in [2.75, 3.05) is 38.1 Å². The van der Waals surface area contributed by atoms with Crippen molar-refractivity contribution in [3.05, 3.63) is 29.8 Å². The Hall–Kier alpha value is -1.51. The normalized spacial score (nSPS) is 20.1. The van der Waals surface area contributed by atoms with Crippen molar-refractivity contribution in [1.82, 2.24) is 4.90 Å². The van der Waals surface area contributed by atoms with Gasteiger partial charge in [0.25, 0.3) is 0 Å². The molecule has 2 aliphatic heterocycles. The molecule has 18 heavy (non-hydrogen) atoms. The van der Waals surface area contributed by atoms with Crippen LogP contribution in [0.4, 0.5) is 5.69 Å². The van der Waals surface area contributed by atoms with Gasteiger partial charge in [0.2, 0.25) is 0 Å². The standard InChI is InChI=1S/C15H22N3/c1-13-7-3-4-8-14(13)18-12-6-11-17-10-5-9-16(2)15(17)18/h3-4,7-8H,5-6,9-12H2,1-2H3/q+1. The third-order valence-corrected chi connectivity index (χ3v) is 4.00. The third kappa shape index (κ3) is 1.88. The molecule has 0 aliphatic carbocycles. The molecule has 3 heteroatoms. The van der Waals surface area contributed by atoms with Crippen LogP contribution in [0.2, 0.25) is 0 Å². The molecule has 1 saturated heterocycles. The van der Waals surface area contributed by atoms with Crippen molar-refractivity contribution < 1.29 is 4.58 Å². The number of rotatable bonds is 1. The summed E-state index contributed by atoms with van der Waals surface area (Å²) < 4.78 is 2.41. The van der Waals surface area contributed by atoms with E-state index in [1.54, 1.807) is 0 Å². The van der Waals surface area contributed by atoms with Crippen molar-refractivity contribution >= 4 is 11.6 Å². The van der Waals surface area contributed by atoms with Crippen molar-refractivity contribution in [1.29, 1.82) is 0 Å². The van der Waals surface area contributed by atoms with Gasteiger partial charge in [0.1, 0.15) is 5.69 Å². The number of anilines is 1. The first-order valence-corrected chi connectivity index (χ1v) is 6.93. The fourth-order valence-corrected chi connectivity index (χ4v) is 3.14. The van der Waals surface area contributed by atoms with Crippen molar-refractivity contribution in [2.24, 2.45) is 0 Å². The summed E-state index contributed by atoms with van der Waals surface area (Å²) >= 11 is 0. The summed E-state index contributed by atoms with van der Waals surface area (Å²) in [6.07, 6.45) is 2.54. The first kappa shape index (κ1) is 11.6. The van der Waals surface area contributed by atoms with Gasteiger partial charge >= 0.3 is 5.96 Å². The van der Waals surface area contributed by atoms with Gasteiger partial charge in [-0.2, -0.15) is 0 Å². The highest BCUT2D eigenvalue weighted by molar-refractivity contribution is 5.94. The van der Waals surface area contributed by atoms with Crippen LogP contribution in [0.15, 0.2) is 24.3 Å². The highest BCUT2D eigenvalue weighted by Crippen LogP contribution is 2.24. The monoisotopic (exact) mass is 244 g/mol. The second-order valence-corrected chi connectivity index (χ2v) is 5.35. The SMILES string of the molecule is Cc1ccccc1N1CCCN2CCC[N+](C)=C21. The van der Waals surface area contributed by atoms with Crippen molar-refractivity contribution in [2.45, 2.75) is 19.8 Å². The Morgan fingerprint density at radius 2 is 1.83 bits per heavy atom. The highest BCUT2D eigenvalue weighted by Gasteiger charge is 2.36. The second-order valence-electron chi connectivity index (χ2n) is 5.35. The zero-order valence-corrected chi connectivity index (χ0v) is 11.4. The Morgan fingerprint density at radius 3 is 2.67 bits per heavy atom. The lowest BCUT2D eigenvalue weighted by atomic mass is 10.1. The van der Waals surface area contributed by atoms with Crippen LogP contribution in [0.5, 0.6) is 0 Å². The quantitative estimate of drug-likeness (QED) is 0.698. The molecule has 0 N–H and O–H groups in total. The van der Waals surface area contributed by atoms with Crippen LogP contribution in [0, 0.1) is 6.92 Å². The van der Waals surface area contributed by atoms with Crippen molar-refractivity contribution in [3.8, 4) is 0 Å². The summed E-state index contributed by atoms with van der Waals surface area (Å²) in [5.41, 5.74) is 2.73. The van der Waals surface area contributed by atoms with Gasteiger partial charge in [-0.1, -0.05) is 18.2 Å². The highest BCUT2D eigenvalue weighted by atomic mass is 15.4. The molecule has 0 atom stereocenters. The maximum absolute atomic E-state index is 2.54. The summed E-state index contributed by atoms with van der Waals surface area (Å²) in [7, 11) is 2.22.